The van der Waals surface area contributed by atoms with E-state index >= 15 is 0 Å². The van der Waals surface area contributed by atoms with Gasteiger partial charge in [0.25, 0.3) is 0 Å². The molecule has 0 spiro atoms. The van der Waals surface area contributed by atoms with E-state index in [0.717, 1.165) is 39.2 Å². The monoisotopic (exact) mass is 483 g/mol. The lowest BCUT2D eigenvalue weighted by Gasteiger charge is -2.13. The first-order valence-corrected chi connectivity index (χ1v) is 12.1. The summed E-state index contributed by atoms with van der Waals surface area (Å²) in [4.78, 5) is 17.5. The van der Waals surface area contributed by atoms with Gasteiger partial charge >= 0.3 is 0 Å². The van der Waals surface area contributed by atoms with Gasteiger partial charge in [-0.25, -0.2) is 4.98 Å². The van der Waals surface area contributed by atoms with Crippen molar-refractivity contribution in [3.05, 3.63) is 101 Å². The fraction of sp³-hybridized carbons (Fsp3) is 0.107. The molecule has 0 saturated heterocycles. The maximum Gasteiger partial charge on any atom is 0.234 e. The van der Waals surface area contributed by atoms with Gasteiger partial charge in [0.05, 0.1) is 17.0 Å². The van der Waals surface area contributed by atoms with E-state index < -0.39 is 0 Å². The van der Waals surface area contributed by atoms with Crippen LogP contribution in [0, 0.1) is 25.2 Å². The van der Waals surface area contributed by atoms with Crippen LogP contribution in [0.5, 0.6) is 0 Å². The summed E-state index contributed by atoms with van der Waals surface area (Å²) in [5.74, 6) is -0.0219. The normalized spacial score (nSPS) is 10.5. The Morgan fingerprint density at radius 2 is 1.65 bits per heavy atom. The Hall–Kier alpha value is -3.59. The van der Waals surface area contributed by atoms with Crippen LogP contribution < -0.4 is 5.32 Å². The SMILES string of the molecule is Cc1cc(C)cc(NC(=O)CSc2nc(-c3ccccc3)cc(-c3ccc(Cl)cc3)c2C#N)c1. The third-order valence-corrected chi connectivity index (χ3v) is 6.40. The molecule has 0 atom stereocenters. The molecule has 0 radical (unpaired) electrons. The van der Waals surface area contributed by atoms with Crippen molar-refractivity contribution in [2.75, 3.05) is 11.1 Å². The van der Waals surface area contributed by atoms with Gasteiger partial charge in [0.15, 0.2) is 0 Å². The molecule has 0 unspecified atom stereocenters. The summed E-state index contributed by atoms with van der Waals surface area (Å²) in [6, 6.07) is 27.3. The van der Waals surface area contributed by atoms with Gasteiger partial charge in [0, 0.05) is 21.8 Å². The minimum Gasteiger partial charge on any atom is -0.325 e. The molecular formula is C28H22ClN3OS. The molecule has 1 heterocycles. The number of nitrogens with one attached hydrogen (secondary N) is 1. The van der Waals surface area contributed by atoms with Crippen LogP contribution in [0.15, 0.2) is 83.9 Å². The molecule has 1 amide bonds. The fourth-order valence-corrected chi connectivity index (χ4v) is 4.65. The van der Waals surface area contributed by atoms with E-state index in [4.69, 9.17) is 16.6 Å². The van der Waals surface area contributed by atoms with E-state index in [9.17, 15) is 10.1 Å². The largest absolute Gasteiger partial charge is 0.325 e. The van der Waals surface area contributed by atoms with E-state index in [0.29, 0.717) is 15.6 Å². The Balaban J connectivity index is 1.67. The molecule has 1 aromatic heterocycles. The van der Waals surface area contributed by atoms with E-state index in [2.05, 4.69) is 17.5 Å². The smallest absolute Gasteiger partial charge is 0.234 e. The molecule has 0 fully saturated rings. The summed E-state index contributed by atoms with van der Waals surface area (Å²) >= 11 is 7.33. The number of nitrogens with zero attached hydrogens (tertiary/aromatic N) is 2. The van der Waals surface area contributed by atoms with Gasteiger partial charge in [-0.2, -0.15) is 5.26 Å². The zero-order chi connectivity index (χ0) is 24.1. The number of carbonyl (C=O) groups excluding carboxylic acids is 1. The summed E-state index contributed by atoms with van der Waals surface area (Å²) in [7, 11) is 0. The van der Waals surface area contributed by atoms with Crippen LogP contribution in [0.4, 0.5) is 5.69 Å². The maximum absolute atomic E-state index is 12.7. The quantitative estimate of drug-likeness (QED) is 0.292. The highest BCUT2D eigenvalue weighted by Gasteiger charge is 2.17. The zero-order valence-corrected chi connectivity index (χ0v) is 20.4. The Bertz CT molecular complexity index is 1360. The van der Waals surface area contributed by atoms with Gasteiger partial charge in [-0.05, 0) is 60.9 Å². The average molecular weight is 484 g/mol. The standard InChI is InChI=1S/C28H22ClN3OS/c1-18-12-19(2)14-23(13-18)31-27(33)17-34-28-25(16-30)24(20-8-10-22(29)11-9-20)15-26(32-28)21-6-4-3-5-7-21/h3-15H,17H2,1-2H3,(H,31,33). The number of halogens is 1. The predicted molar refractivity (Wildman–Crippen MR) is 140 cm³/mol. The Morgan fingerprint density at radius 1 is 0.971 bits per heavy atom. The second-order valence-corrected chi connectivity index (χ2v) is 9.33. The maximum atomic E-state index is 12.7. The van der Waals surface area contributed by atoms with Crippen molar-refractivity contribution < 1.29 is 4.79 Å². The molecule has 4 aromatic rings. The number of nitriles is 1. The number of thioether (sulfide) groups is 1. The lowest BCUT2D eigenvalue weighted by Crippen LogP contribution is -2.14. The molecule has 4 nitrogen and oxygen atoms in total. The first-order chi connectivity index (χ1) is 16.4. The molecule has 4 rings (SSSR count). The summed E-state index contributed by atoms with van der Waals surface area (Å²) in [6.07, 6.45) is 0. The number of hydrogen-bond acceptors (Lipinski definition) is 4. The lowest BCUT2D eigenvalue weighted by atomic mass is 9.99. The van der Waals surface area contributed by atoms with Crippen LogP contribution in [0.3, 0.4) is 0 Å². The summed E-state index contributed by atoms with van der Waals surface area (Å²) in [5, 5.41) is 14.1. The van der Waals surface area contributed by atoms with Gasteiger partial charge in [0.2, 0.25) is 5.91 Å². The molecule has 0 aliphatic carbocycles. The van der Waals surface area contributed by atoms with Gasteiger partial charge in [0.1, 0.15) is 11.1 Å². The molecule has 6 heteroatoms. The van der Waals surface area contributed by atoms with Crippen molar-refractivity contribution in [3.8, 4) is 28.5 Å². The van der Waals surface area contributed by atoms with Crippen LogP contribution >= 0.6 is 23.4 Å². The summed E-state index contributed by atoms with van der Waals surface area (Å²) in [5.41, 5.74) is 6.65. The van der Waals surface area contributed by atoms with Crippen LogP contribution in [-0.4, -0.2) is 16.6 Å². The number of aryl methyl sites for hydroxylation is 2. The van der Waals surface area contributed by atoms with Crippen LogP contribution in [0.2, 0.25) is 5.02 Å². The molecule has 0 aliphatic heterocycles. The Kier molecular flexibility index (Phi) is 7.32. The third-order valence-electron chi connectivity index (χ3n) is 5.17. The van der Waals surface area contributed by atoms with Crippen molar-refractivity contribution in [2.45, 2.75) is 18.9 Å². The van der Waals surface area contributed by atoms with Crippen LogP contribution in [-0.2, 0) is 4.79 Å². The van der Waals surface area contributed by atoms with Gasteiger partial charge in [-0.1, -0.05) is 71.9 Å². The second kappa shape index (κ2) is 10.6. The van der Waals surface area contributed by atoms with Crippen molar-refractivity contribution in [1.29, 1.82) is 5.26 Å². The van der Waals surface area contributed by atoms with Crippen molar-refractivity contribution in [3.63, 3.8) is 0 Å². The zero-order valence-electron chi connectivity index (χ0n) is 18.8. The molecule has 34 heavy (non-hydrogen) atoms. The second-order valence-electron chi connectivity index (χ2n) is 7.93. The van der Waals surface area contributed by atoms with Crippen molar-refractivity contribution in [2.24, 2.45) is 0 Å². The number of pyridine rings is 1. The number of amides is 1. The fourth-order valence-electron chi connectivity index (χ4n) is 3.73. The first-order valence-electron chi connectivity index (χ1n) is 10.7. The topological polar surface area (TPSA) is 65.8 Å². The van der Waals surface area contributed by atoms with Gasteiger partial charge in [-0.15, -0.1) is 0 Å². The average Bonchev–Trinajstić information content (AvgIpc) is 2.82. The Labute approximate surface area is 208 Å². The highest BCUT2D eigenvalue weighted by molar-refractivity contribution is 8.00. The van der Waals surface area contributed by atoms with Crippen molar-refractivity contribution in [1.82, 2.24) is 4.98 Å². The van der Waals surface area contributed by atoms with Gasteiger partial charge in [-0.3, -0.25) is 4.79 Å². The number of hydrogen-bond donors (Lipinski definition) is 1. The number of benzene rings is 3. The molecule has 0 aliphatic rings. The van der Waals surface area contributed by atoms with E-state index in [-0.39, 0.29) is 11.7 Å². The molecule has 0 bridgehead atoms. The highest BCUT2D eigenvalue weighted by atomic mass is 35.5. The Morgan fingerprint density at radius 3 is 2.29 bits per heavy atom. The summed E-state index contributed by atoms with van der Waals surface area (Å²) < 4.78 is 0. The third kappa shape index (κ3) is 5.66. The predicted octanol–water partition coefficient (Wildman–Crippen LogP) is 7.29. The van der Waals surface area contributed by atoms with E-state index in [1.54, 1.807) is 12.1 Å². The van der Waals surface area contributed by atoms with Crippen LogP contribution in [0.1, 0.15) is 16.7 Å². The lowest BCUT2D eigenvalue weighted by molar-refractivity contribution is -0.113. The van der Waals surface area contributed by atoms with Crippen molar-refractivity contribution >= 4 is 35.0 Å². The highest BCUT2D eigenvalue weighted by Crippen LogP contribution is 2.34. The molecule has 1 N–H and O–H groups in total. The number of carbonyl (C=O) groups is 1. The number of anilines is 1. The molecule has 3 aromatic carbocycles. The number of aromatic nitrogens is 1. The molecule has 0 saturated carbocycles. The first kappa shape index (κ1) is 23.6. The molecule has 168 valence electrons. The minimum absolute atomic E-state index is 0.132. The van der Waals surface area contributed by atoms with Crippen LogP contribution in [0.25, 0.3) is 22.4 Å². The minimum atomic E-state index is -0.154. The summed E-state index contributed by atoms with van der Waals surface area (Å²) in [6.45, 7) is 3.99. The van der Waals surface area contributed by atoms with Gasteiger partial charge < -0.3 is 5.32 Å². The van der Waals surface area contributed by atoms with E-state index in [1.165, 1.54) is 11.8 Å². The number of rotatable bonds is 6. The van der Waals surface area contributed by atoms with E-state index in [1.807, 2.05) is 74.5 Å². The molecular weight excluding hydrogens is 462 g/mol.